The number of nitrogens with zero attached hydrogens (tertiary/aromatic N) is 4. The van der Waals surface area contributed by atoms with E-state index in [0.717, 1.165) is 0 Å². The largest absolute Gasteiger partial charge is 0.352 e. The molecule has 0 aliphatic heterocycles. The number of aromatic amines is 1. The number of hydrogen-bond acceptors (Lipinski definition) is 5. The summed E-state index contributed by atoms with van der Waals surface area (Å²) in [6.45, 7) is 1.02. The highest BCUT2D eigenvalue weighted by molar-refractivity contribution is 6.36. The number of aryl methyl sites for hydroxylation is 1. The molecular weight excluding hydrogens is 391 g/mol. The van der Waals surface area contributed by atoms with Crippen molar-refractivity contribution >= 4 is 29.1 Å². The Hall–Kier alpha value is -2.71. The molecule has 2 aromatic heterocycles. The maximum absolute atomic E-state index is 12.2. The molecule has 10 heteroatoms. The zero-order valence-corrected chi connectivity index (χ0v) is 15.7. The van der Waals surface area contributed by atoms with Crippen LogP contribution in [0.15, 0.2) is 41.8 Å². The Balaban J connectivity index is 1.60. The van der Waals surface area contributed by atoms with E-state index in [9.17, 15) is 9.59 Å². The summed E-state index contributed by atoms with van der Waals surface area (Å²) < 4.78 is 1.66. The summed E-state index contributed by atoms with van der Waals surface area (Å²) in [5, 5.41) is 7.63. The van der Waals surface area contributed by atoms with Crippen LogP contribution in [0.1, 0.15) is 28.2 Å². The molecule has 8 nitrogen and oxygen atoms in total. The first-order chi connectivity index (χ1) is 13.0. The lowest BCUT2D eigenvalue weighted by Crippen LogP contribution is -2.31. The zero-order chi connectivity index (χ0) is 19.2. The highest BCUT2D eigenvalue weighted by Crippen LogP contribution is 2.25. The Morgan fingerprint density at radius 2 is 2.04 bits per heavy atom. The third kappa shape index (κ3) is 4.93. The SMILES string of the molecule is O=C(NCCCn1cncn1)c1cnc(Cc2c(Cl)cccc2Cl)[nH]c1=O. The molecule has 0 aliphatic carbocycles. The molecule has 0 aliphatic rings. The van der Waals surface area contributed by atoms with Crippen LogP contribution in [0.4, 0.5) is 0 Å². The van der Waals surface area contributed by atoms with E-state index < -0.39 is 11.5 Å². The zero-order valence-electron chi connectivity index (χ0n) is 14.2. The first-order valence-electron chi connectivity index (χ1n) is 8.16. The highest BCUT2D eigenvalue weighted by Gasteiger charge is 2.13. The van der Waals surface area contributed by atoms with E-state index in [1.807, 2.05) is 0 Å². The number of rotatable bonds is 7. The molecule has 2 N–H and O–H groups in total. The lowest BCUT2D eigenvalue weighted by molar-refractivity contribution is 0.0950. The Morgan fingerprint density at radius 1 is 1.26 bits per heavy atom. The Kier molecular flexibility index (Phi) is 6.20. The summed E-state index contributed by atoms with van der Waals surface area (Å²) in [6, 6.07) is 5.16. The number of aromatic nitrogens is 5. The van der Waals surface area contributed by atoms with Crippen LogP contribution in [0.2, 0.25) is 10.0 Å². The van der Waals surface area contributed by atoms with Gasteiger partial charge in [0, 0.05) is 35.8 Å². The van der Waals surface area contributed by atoms with Gasteiger partial charge in [-0.3, -0.25) is 14.3 Å². The van der Waals surface area contributed by atoms with E-state index in [1.54, 1.807) is 29.2 Å². The van der Waals surface area contributed by atoms with Crippen molar-refractivity contribution in [1.29, 1.82) is 0 Å². The summed E-state index contributed by atoms with van der Waals surface area (Å²) >= 11 is 12.3. The predicted molar refractivity (Wildman–Crippen MR) is 101 cm³/mol. The average Bonchev–Trinajstić information content (AvgIpc) is 3.15. The monoisotopic (exact) mass is 406 g/mol. The molecule has 0 saturated carbocycles. The quantitative estimate of drug-likeness (QED) is 0.584. The molecule has 0 saturated heterocycles. The molecule has 1 aromatic carbocycles. The first kappa shape index (κ1) is 19.1. The maximum Gasteiger partial charge on any atom is 0.263 e. The summed E-state index contributed by atoms with van der Waals surface area (Å²) in [4.78, 5) is 35.0. The minimum atomic E-state index is -0.517. The van der Waals surface area contributed by atoms with Crippen molar-refractivity contribution in [1.82, 2.24) is 30.0 Å². The number of H-pyrrole nitrogens is 1. The second kappa shape index (κ2) is 8.79. The second-order valence-electron chi connectivity index (χ2n) is 5.72. The summed E-state index contributed by atoms with van der Waals surface area (Å²) in [5.74, 6) is -0.109. The van der Waals surface area contributed by atoms with E-state index in [-0.39, 0.29) is 12.0 Å². The normalized spacial score (nSPS) is 10.7. The first-order valence-corrected chi connectivity index (χ1v) is 8.92. The fraction of sp³-hybridized carbons (Fsp3) is 0.235. The van der Waals surface area contributed by atoms with Crippen LogP contribution in [0.25, 0.3) is 0 Å². The number of nitrogens with one attached hydrogen (secondary N) is 2. The van der Waals surface area contributed by atoms with E-state index >= 15 is 0 Å². The van der Waals surface area contributed by atoms with Crippen molar-refractivity contribution in [3.63, 3.8) is 0 Å². The van der Waals surface area contributed by atoms with Crippen LogP contribution in [0.5, 0.6) is 0 Å². The van der Waals surface area contributed by atoms with Crippen LogP contribution in [0, 0.1) is 0 Å². The van der Waals surface area contributed by atoms with Crippen LogP contribution in [-0.4, -0.2) is 37.2 Å². The topological polar surface area (TPSA) is 106 Å². The standard InChI is InChI=1S/C17H16Cl2N6O2/c18-13-3-1-4-14(19)11(13)7-15-22-8-12(17(27)24-15)16(26)21-5-2-6-25-10-20-9-23-25/h1,3-4,8-10H,2,5-7H2,(H,21,26)(H,22,24,27). The molecule has 0 radical (unpaired) electrons. The van der Waals surface area contributed by atoms with Gasteiger partial charge >= 0.3 is 0 Å². The van der Waals surface area contributed by atoms with Crippen LogP contribution < -0.4 is 10.9 Å². The second-order valence-corrected chi connectivity index (χ2v) is 6.53. The van der Waals surface area contributed by atoms with Gasteiger partial charge in [0.05, 0.1) is 0 Å². The van der Waals surface area contributed by atoms with Gasteiger partial charge in [0.1, 0.15) is 24.0 Å². The van der Waals surface area contributed by atoms with Gasteiger partial charge in [0.25, 0.3) is 11.5 Å². The minimum Gasteiger partial charge on any atom is -0.352 e. The Labute approximate surface area is 164 Å². The van der Waals surface area contributed by atoms with E-state index in [2.05, 4.69) is 25.4 Å². The van der Waals surface area contributed by atoms with Crippen molar-refractivity contribution in [2.75, 3.05) is 6.54 Å². The molecule has 140 valence electrons. The van der Waals surface area contributed by atoms with Crippen LogP contribution in [-0.2, 0) is 13.0 Å². The van der Waals surface area contributed by atoms with Gasteiger partial charge in [0.2, 0.25) is 0 Å². The Bertz CT molecular complexity index is 967. The lowest BCUT2D eigenvalue weighted by Gasteiger charge is -2.08. The molecule has 3 rings (SSSR count). The average molecular weight is 407 g/mol. The summed E-state index contributed by atoms with van der Waals surface area (Å²) in [5.41, 5.74) is 0.0935. The molecule has 0 spiro atoms. The van der Waals surface area contributed by atoms with E-state index in [4.69, 9.17) is 23.2 Å². The molecular formula is C17H16Cl2N6O2. The molecule has 3 aromatic rings. The third-order valence-corrected chi connectivity index (χ3v) is 4.53. The minimum absolute atomic E-state index is 0.0511. The smallest absolute Gasteiger partial charge is 0.263 e. The van der Waals surface area contributed by atoms with Crippen molar-refractivity contribution in [2.24, 2.45) is 0 Å². The van der Waals surface area contributed by atoms with Gasteiger partial charge in [-0.1, -0.05) is 29.3 Å². The summed E-state index contributed by atoms with van der Waals surface area (Å²) in [6.07, 6.45) is 5.21. The van der Waals surface area contributed by atoms with Crippen molar-refractivity contribution in [3.05, 3.63) is 74.4 Å². The lowest BCUT2D eigenvalue weighted by atomic mass is 10.1. The van der Waals surface area contributed by atoms with Gasteiger partial charge in [0.15, 0.2) is 0 Å². The van der Waals surface area contributed by atoms with E-state index in [1.165, 1.54) is 12.5 Å². The number of amides is 1. The van der Waals surface area contributed by atoms with E-state index in [0.29, 0.717) is 40.9 Å². The number of hydrogen-bond donors (Lipinski definition) is 2. The molecule has 0 unspecified atom stereocenters. The van der Waals surface area contributed by atoms with Gasteiger partial charge < -0.3 is 10.3 Å². The van der Waals surface area contributed by atoms with Crippen LogP contribution >= 0.6 is 23.2 Å². The molecule has 0 bridgehead atoms. The Morgan fingerprint density at radius 3 is 2.70 bits per heavy atom. The number of benzene rings is 1. The number of carbonyl (C=O) groups excluding carboxylic acids is 1. The fourth-order valence-electron chi connectivity index (χ4n) is 2.44. The van der Waals surface area contributed by atoms with Gasteiger partial charge in [-0.2, -0.15) is 5.10 Å². The van der Waals surface area contributed by atoms with Crippen molar-refractivity contribution < 1.29 is 4.79 Å². The van der Waals surface area contributed by atoms with Gasteiger partial charge in [-0.15, -0.1) is 0 Å². The predicted octanol–water partition coefficient (Wildman–Crippen LogP) is 2.08. The molecule has 27 heavy (non-hydrogen) atoms. The third-order valence-electron chi connectivity index (χ3n) is 3.82. The van der Waals surface area contributed by atoms with Crippen LogP contribution in [0.3, 0.4) is 0 Å². The van der Waals surface area contributed by atoms with Crippen molar-refractivity contribution in [2.45, 2.75) is 19.4 Å². The van der Waals surface area contributed by atoms with Gasteiger partial charge in [-0.05, 0) is 24.1 Å². The molecule has 0 fully saturated rings. The number of halogens is 2. The van der Waals surface area contributed by atoms with Gasteiger partial charge in [-0.25, -0.2) is 9.97 Å². The molecule has 0 atom stereocenters. The summed E-state index contributed by atoms with van der Waals surface area (Å²) in [7, 11) is 0. The highest BCUT2D eigenvalue weighted by atomic mass is 35.5. The molecule has 1 amide bonds. The number of carbonyl (C=O) groups is 1. The maximum atomic E-state index is 12.2. The fourth-order valence-corrected chi connectivity index (χ4v) is 2.97. The van der Waals surface area contributed by atoms with Crippen molar-refractivity contribution in [3.8, 4) is 0 Å². The molecule has 2 heterocycles.